The van der Waals surface area contributed by atoms with Gasteiger partial charge in [0.2, 0.25) is 0 Å². The molecule has 3 aromatic rings. The molecule has 1 saturated heterocycles. The molecule has 0 bridgehead atoms. The molecular weight excluding hydrogens is 336 g/mol. The molecule has 0 saturated carbocycles. The molecule has 2 aromatic heterocycles. The molecule has 1 fully saturated rings. The van der Waals surface area contributed by atoms with Crippen molar-refractivity contribution in [3.63, 3.8) is 0 Å². The molecule has 3 atom stereocenters. The van der Waals surface area contributed by atoms with Gasteiger partial charge in [-0.25, -0.2) is 4.98 Å². The summed E-state index contributed by atoms with van der Waals surface area (Å²) >= 11 is 6.08. The average molecular weight is 355 g/mol. The number of halogens is 1. The number of nitrogens with one attached hydrogen (secondary N) is 3. The van der Waals surface area contributed by atoms with Gasteiger partial charge in [-0.1, -0.05) is 17.7 Å². The summed E-state index contributed by atoms with van der Waals surface area (Å²) < 4.78 is 5.92. The second-order valence-corrected chi connectivity index (χ2v) is 7.20. The number of benzene rings is 1. The van der Waals surface area contributed by atoms with E-state index >= 15 is 0 Å². The summed E-state index contributed by atoms with van der Waals surface area (Å²) in [6, 6.07) is 10.9. The molecule has 5 nitrogen and oxygen atoms in total. The first kappa shape index (κ1) is 15.2. The van der Waals surface area contributed by atoms with Gasteiger partial charge in [0.1, 0.15) is 18.0 Å². The number of ether oxygens (including phenoxy) is 1. The molecule has 6 heteroatoms. The summed E-state index contributed by atoms with van der Waals surface area (Å²) in [6.07, 6.45) is 4.84. The summed E-state index contributed by atoms with van der Waals surface area (Å²) in [5, 5.41) is 9.37. The van der Waals surface area contributed by atoms with Gasteiger partial charge in [0.15, 0.2) is 0 Å². The summed E-state index contributed by atoms with van der Waals surface area (Å²) in [6.45, 7) is 1.56. The number of rotatable bonds is 2. The molecule has 1 aromatic carbocycles. The Morgan fingerprint density at radius 2 is 2.24 bits per heavy atom. The van der Waals surface area contributed by atoms with E-state index in [1.165, 1.54) is 16.5 Å². The van der Waals surface area contributed by atoms with Crippen LogP contribution in [0.3, 0.4) is 0 Å². The van der Waals surface area contributed by atoms with Crippen LogP contribution in [0.4, 0.5) is 0 Å². The second-order valence-electron chi connectivity index (χ2n) is 6.77. The van der Waals surface area contributed by atoms with Gasteiger partial charge in [0.25, 0.3) is 0 Å². The first-order valence-corrected chi connectivity index (χ1v) is 8.98. The third kappa shape index (κ3) is 2.68. The van der Waals surface area contributed by atoms with Crippen molar-refractivity contribution in [3.05, 3.63) is 58.9 Å². The van der Waals surface area contributed by atoms with Crippen molar-refractivity contribution >= 4 is 22.6 Å². The van der Waals surface area contributed by atoms with Gasteiger partial charge in [-0.15, -0.1) is 0 Å². The highest BCUT2D eigenvalue weighted by molar-refractivity contribution is 6.30. The number of fused-ring (bicyclic) bond motifs is 4. The minimum atomic E-state index is 0.260. The van der Waals surface area contributed by atoms with E-state index in [1.54, 1.807) is 0 Å². The Balaban J connectivity index is 1.34. The average Bonchev–Trinajstić information content (AvgIpc) is 3.04. The van der Waals surface area contributed by atoms with E-state index in [4.69, 9.17) is 16.3 Å². The summed E-state index contributed by atoms with van der Waals surface area (Å²) in [5.41, 5.74) is 3.43. The van der Waals surface area contributed by atoms with Crippen LogP contribution < -0.4 is 15.4 Å². The first-order chi connectivity index (χ1) is 12.3. The summed E-state index contributed by atoms with van der Waals surface area (Å²) in [5.74, 6) is 0.893. The number of pyridine rings is 1. The lowest BCUT2D eigenvalue weighted by molar-refractivity contribution is 0.157. The lowest BCUT2D eigenvalue weighted by Gasteiger charge is -2.42. The molecule has 0 aliphatic carbocycles. The highest BCUT2D eigenvalue weighted by Crippen LogP contribution is 2.35. The van der Waals surface area contributed by atoms with E-state index in [9.17, 15) is 0 Å². The number of piperazine rings is 1. The van der Waals surface area contributed by atoms with Gasteiger partial charge < -0.3 is 20.4 Å². The third-order valence-electron chi connectivity index (χ3n) is 5.17. The predicted molar refractivity (Wildman–Crippen MR) is 98.2 cm³/mol. The molecule has 25 heavy (non-hydrogen) atoms. The van der Waals surface area contributed by atoms with E-state index in [2.05, 4.69) is 38.9 Å². The van der Waals surface area contributed by atoms with Gasteiger partial charge in [0, 0.05) is 41.0 Å². The Labute approximate surface area is 150 Å². The molecule has 2 aliphatic heterocycles. The van der Waals surface area contributed by atoms with Gasteiger partial charge in [-0.2, -0.15) is 0 Å². The number of H-pyrrole nitrogens is 1. The topological polar surface area (TPSA) is 62.0 Å². The van der Waals surface area contributed by atoms with Crippen LogP contribution in [0.2, 0.25) is 5.02 Å². The maximum atomic E-state index is 6.08. The van der Waals surface area contributed by atoms with Gasteiger partial charge in [-0.3, -0.25) is 0 Å². The predicted octanol–water partition coefficient (Wildman–Crippen LogP) is 2.82. The minimum Gasteiger partial charge on any atom is -0.491 e. The molecule has 128 valence electrons. The van der Waals surface area contributed by atoms with Crippen molar-refractivity contribution in [1.82, 2.24) is 20.6 Å². The number of hydrogen-bond acceptors (Lipinski definition) is 4. The molecule has 0 radical (unpaired) electrons. The van der Waals surface area contributed by atoms with E-state index in [0.717, 1.165) is 24.4 Å². The van der Waals surface area contributed by atoms with Gasteiger partial charge in [-0.05, 0) is 36.2 Å². The molecule has 3 unspecified atom stereocenters. The van der Waals surface area contributed by atoms with Gasteiger partial charge >= 0.3 is 0 Å². The number of hydrogen-bond donors (Lipinski definition) is 3. The quantitative estimate of drug-likeness (QED) is 0.662. The van der Waals surface area contributed by atoms with E-state index < -0.39 is 0 Å². The van der Waals surface area contributed by atoms with E-state index in [0.29, 0.717) is 17.7 Å². The fourth-order valence-electron chi connectivity index (χ4n) is 3.99. The van der Waals surface area contributed by atoms with Crippen molar-refractivity contribution in [1.29, 1.82) is 0 Å². The normalized spacial score (nSPS) is 25.2. The summed E-state index contributed by atoms with van der Waals surface area (Å²) in [7, 11) is 0. The maximum Gasteiger partial charge on any atom is 0.137 e. The van der Waals surface area contributed by atoms with Crippen LogP contribution >= 0.6 is 11.6 Å². The zero-order chi connectivity index (χ0) is 16.8. The lowest BCUT2D eigenvalue weighted by Crippen LogP contribution is -2.60. The number of aromatic nitrogens is 2. The van der Waals surface area contributed by atoms with Crippen molar-refractivity contribution in [2.24, 2.45) is 0 Å². The fourth-order valence-corrected chi connectivity index (χ4v) is 4.15. The molecular formula is C19H19ClN4O. The lowest BCUT2D eigenvalue weighted by atomic mass is 9.91. The van der Waals surface area contributed by atoms with Crippen molar-refractivity contribution < 1.29 is 4.74 Å². The van der Waals surface area contributed by atoms with E-state index in [-0.39, 0.29) is 12.1 Å². The number of aromatic amines is 1. The zero-order valence-corrected chi connectivity index (χ0v) is 14.4. The molecule has 5 rings (SSSR count). The molecule has 4 heterocycles. The second kappa shape index (κ2) is 6.02. The molecule has 0 amide bonds. The van der Waals surface area contributed by atoms with Crippen molar-refractivity contribution in [2.75, 3.05) is 13.2 Å². The van der Waals surface area contributed by atoms with Crippen LogP contribution in [0.5, 0.6) is 5.75 Å². The Morgan fingerprint density at radius 1 is 1.28 bits per heavy atom. The largest absolute Gasteiger partial charge is 0.491 e. The Kier molecular flexibility index (Phi) is 3.66. The van der Waals surface area contributed by atoms with Gasteiger partial charge in [0.05, 0.1) is 12.1 Å². The first-order valence-electron chi connectivity index (χ1n) is 8.60. The minimum absolute atomic E-state index is 0.260. The van der Waals surface area contributed by atoms with Crippen LogP contribution in [0.1, 0.15) is 17.2 Å². The van der Waals surface area contributed by atoms with Crippen LogP contribution in [-0.2, 0) is 6.42 Å². The molecule has 3 N–H and O–H groups in total. The highest BCUT2D eigenvalue weighted by Gasteiger charge is 2.36. The Morgan fingerprint density at radius 3 is 3.20 bits per heavy atom. The van der Waals surface area contributed by atoms with Crippen molar-refractivity contribution in [2.45, 2.75) is 24.5 Å². The Hall–Kier alpha value is -2.08. The standard InChI is InChI=1S/C19H19ClN4O/c20-12-3-4-15-17(7-12)25-10-16-18(15)22-9-13(24-16)6-11-8-23-19-14(11)2-1-5-21-19/h1-5,7-8,13,16,18,22,24H,6,9-10H2,(H,21,23). The molecule has 2 aliphatic rings. The van der Waals surface area contributed by atoms with Crippen molar-refractivity contribution in [3.8, 4) is 5.75 Å². The maximum absolute atomic E-state index is 6.08. The smallest absolute Gasteiger partial charge is 0.137 e. The van der Waals surface area contributed by atoms with Crippen LogP contribution in [0.25, 0.3) is 11.0 Å². The fraction of sp³-hybridized carbons (Fsp3) is 0.316. The van der Waals surface area contributed by atoms with Crippen LogP contribution in [-0.4, -0.2) is 35.2 Å². The third-order valence-corrected chi connectivity index (χ3v) is 5.40. The monoisotopic (exact) mass is 354 g/mol. The van der Waals surface area contributed by atoms with Crippen LogP contribution in [0.15, 0.2) is 42.7 Å². The number of nitrogens with zero attached hydrogens (tertiary/aromatic N) is 1. The SMILES string of the molecule is Clc1ccc2c(c1)OCC1NC(Cc3c[nH]c4ncccc34)CNC21. The zero-order valence-electron chi connectivity index (χ0n) is 13.6. The van der Waals surface area contributed by atoms with Crippen LogP contribution in [0, 0.1) is 0 Å². The van der Waals surface area contributed by atoms with E-state index in [1.807, 2.05) is 24.4 Å². The molecule has 0 spiro atoms. The summed E-state index contributed by atoms with van der Waals surface area (Å²) in [4.78, 5) is 7.63. The Bertz CT molecular complexity index is 925. The highest BCUT2D eigenvalue weighted by atomic mass is 35.5.